The van der Waals surface area contributed by atoms with Crippen LogP contribution in [0.5, 0.6) is 0 Å². The molecule has 1 fully saturated rings. The third kappa shape index (κ3) is 7.01. The van der Waals surface area contributed by atoms with E-state index in [0.29, 0.717) is 31.2 Å². The molecule has 0 aromatic heterocycles. The van der Waals surface area contributed by atoms with Gasteiger partial charge < -0.3 is 14.8 Å². The van der Waals surface area contributed by atoms with Gasteiger partial charge in [-0.25, -0.2) is 4.79 Å². The molecule has 1 aliphatic heterocycles. The molecule has 0 bridgehead atoms. The molecule has 1 saturated heterocycles. The van der Waals surface area contributed by atoms with Gasteiger partial charge in [-0.1, -0.05) is 69.0 Å². The lowest BCUT2D eigenvalue weighted by Gasteiger charge is -2.37. The van der Waals surface area contributed by atoms with Crippen LogP contribution in [0.2, 0.25) is 0 Å². The summed E-state index contributed by atoms with van der Waals surface area (Å²) >= 11 is 0. The monoisotopic (exact) mass is 415 g/mol. The van der Waals surface area contributed by atoms with Gasteiger partial charge in [0.1, 0.15) is 12.2 Å². The second-order valence-electron chi connectivity index (χ2n) is 7.72. The first-order valence-corrected chi connectivity index (χ1v) is 10.9. The van der Waals surface area contributed by atoms with Gasteiger partial charge in [-0.05, 0) is 24.8 Å². The minimum Gasteiger partial charge on any atom is -0.461 e. The van der Waals surface area contributed by atoms with Gasteiger partial charge >= 0.3 is 11.9 Å². The summed E-state index contributed by atoms with van der Waals surface area (Å²) in [6, 6.07) is 8.10. The predicted molar refractivity (Wildman–Crippen MR) is 114 cm³/mol. The summed E-state index contributed by atoms with van der Waals surface area (Å²) in [6.07, 6.45) is 8.60. The summed E-state index contributed by atoms with van der Waals surface area (Å²) in [4.78, 5) is 35.7. The number of carbonyl (C=O) groups excluding carboxylic acids is 3. The normalized spacial score (nSPS) is 19.7. The van der Waals surface area contributed by atoms with Crippen LogP contribution in [0, 0.1) is 5.92 Å². The zero-order chi connectivity index (χ0) is 21.8. The first kappa shape index (κ1) is 23.6. The minimum absolute atomic E-state index is 0.121. The van der Waals surface area contributed by atoms with Gasteiger partial charge in [-0.3, -0.25) is 9.59 Å². The fraction of sp³-hybridized carbons (Fsp3) is 0.542. The quantitative estimate of drug-likeness (QED) is 0.200. The lowest BCUT2D eigenvalue weighted by molar-refractivity contribution is -0.190. The number of hydrogen-bond acceptors (Lipinski definition) is 5. The van der Waals surface area contributed by atoms with Crippen molar-refractivity contribution in [3.63, 3.8) is 0 Å². The zero-order valence-corrected chi connectivity index (χ0v) is 17.8. The van der Waals surface area contributed by atoms with Crippen LogP contribution in [-0.4, -0.2) is 30.6 Å². The van der Waals surface area contributed by atoms with Crippen LogP contribution in [0.25, 0.3) is 0 Å². The van der Waals surface area contributed by atoms with E-state index in [1.54, 1.807) is 30.3 Å². The molecule has 0 spiro atoms. The number of unbranched alkanes of at least 4 members (excludes halogenated alkanes) is 3. The minimum atomic E-state index is -0.872. The molecule has 6 heteroatoms. The maximum Gasteiger partial charge on any atom is 0.333 e. The number of carbonyl (C=O) groups is 3. The van der Waals surface area contributed by atoms with Crippen molar-refractivity contribution in [2.45, 2.75) is 76.5 Å². The molecule has 1 heterocycles. The summed E-state index contributed by atoms with van der Waals surface area (Å²) in [7, 11) is 0. The number of nitrogens with one attached hydrogen (secondary N) is 1. The van der Waals surface area contributed by atoms with Crippen molar-refractivity contribution in [3.05, 3.63) is 48.6 Å². The Balaban J connectivity index is 1.98. The number of allylic oxidation sites excluding steroid dienone is 1. The fourth-order valence-corrected chi connectivity index (χ4v) is 3.74. The first-order chi connectivity index (χ1) is 14.6. The number of ether oxygens (including phenoxy) is 2. The Morgan fingerprint density at radius 3 is 2.67 bits per heavy atom. The number of benzene rings is 1. The van der Waals surface area contributed by atoms with Gasteiger partial charge in [0.25, 0.3) is 0 Å². The third-order valence-electron chi connectivity index (χ3n) is 5.46. The highest BCUT2D eigenvalue weighted by molar-refractivity contribution is 5.80. The Kier molecular flexibility index (Phi) is 10.1. The molecular formula is C24H33NO5. The van der Waals surface area contributed by atoms with Crippen molar-refractivity contribution in [2.24, 2.45) is 5.92 Å². The summed E-state index contributed by atoms with van der Waals surface area (Å²) in [6.45, 7) is 5.89. The average molecular weight is 416 g/mol. The van der Waals surface area contributed by atoms with Crippen molar-refractivity contribution in [3.8, 4) is 0 Å². The lowest BCUT2D eigenvalue weighted by atomic mass is 9.86. The smallest absolute Gasteiger partial charge is 0.333 e. The molecule has 4 atom stereocenters. The fourth-order valence-electron chi connectivity index (χ4n) is 3.74. The highest BCUT2D eigenvalue weighted by atomic mass is 16.6. The molecule has 0 saturated carbocycles. The van der Waals surface area contributed by atoms with E-state index in [1.165, 1.54) is 0 Å². The second-order valence-corrected chi connectivity index (χ2v) is 7.72. The number of cyclic esters (lactones) is 1. The Morgan fingerprint density at radius 1 is 1.27 bits per heavy atom. The maximum atomic E-state index is 12.8. The van der Waals surface area contributed by atoms with Crippen molar-refractivity contribution < 1.29 is 23.9 Å². The van der Waals surface area contributed by atoms with Crippen LogP contribution in [0.3, 0.4) is 0 Å². The molecule has 0 radical (unpaired) electrons. The molecule has 1 amide bonds. The highest BCUT2D eigenvalue weighted by Gasteiger charge is 2.43. The molecule has 0 aliphatic carbocycles. The first-order valence-electron chi connectivity index (χ1n) is 10.9. The topological polar surface area (TPSA) is 81.7 Å². The van der Waals surface area contributed by atoms with Crippen LogP contribution in [0.4, 0.5) is 0 Å². The number of rotatable bonds is 15. The average Bonchev–Trinajstić information content (AvgIpc) is 2.75. The van der Waals surface area contributed by atoms with E-state index in [1.807, 2.05) is 6.07 Å². The van der Waals surface area contributed by atoms with Gasteiger partial charge in [-0.15, -0.1) is 6.58 Å². The summed E-state index contributed by atoms with van der Waals surface area (Å²) in [5.74, 6) is -0.799. The Morgan fingerprint density at radius 2 is 2.03 bits per heavy atom. The van der Waals surface area contributed by atoms with Gasteiger partial charge in [0.15, 0.2) is 6.04 Å². The van der Waals surface area contributed by atoms with Crippen molar-refractivity contribution in [2.75, 3.05) is 0 Å². The second kappa shape index (κ2) is 12.8. The molecular weight excluding hydrogens is 382 g/mol. The van der Waals surface area contributed by atoms with Gasteiger partial charge in [-0.2, -0.15) is 0 Å². The summed E-state index contributed by atoms with van der Waals surface area (Å²) < 4.78 is 11.1. The lowest BCUT2D eigenvalue weighted by Crippen LogP contribution is -2.47. The van der Waals surface area contributed by atoms with Crippen LogP contribution in [0.15, 0.2) is 43.0 Å². The molecule has 1 aromatic rings. The van der Waals surface area contributed by atoms with Gasteiger partial charge in [0.2, 0.25) is 6.41 Å². The van der Waals surface area contributed by atoms with Gasteiger partial charge in [0.05, 0.1) is 5.92 Å². The molecule has 0 unspecified atom stereocenters. The number of amides is 1. The van der Waals surface area contributed by atoms with E-state index in [9.17, 15) is 14.4 Å². The molecule has 1 aromatic carbocycles. The van der Waals surface area contributed by atoms with Crippen LogP contribution in [0.1, 0.15) is 69.9 Å². The van der Waals surface area contributed by atoms with E-state index in [4.69, 9.17) is 9.47 Å². The third-order valence-corrected chi connectivity index (χ3v) is 5.46. The van der Waals surface area contributed by atoms with Gasteiger partial charge in [0, 0.05) is 6.42 Å². The van der Waals surface area contributed by atoms with Crippen LogP contribution >= 0.6 is 0 Å². The molecule has 164 valence electrons. The molecule has 2 rings (SSSR count). The van der Waals surface area contributed by atoms with E-state index in [0.717, 1.165) is 32.1 Å². The maximum absolute atomic E-state index is 12.8. The Hall–Kier alpha value is -2.63. The molecule has 1 aliphatic rings. The summed E-state index contributed by atoms with van der Waals surface area (Å²) in [5, 5.41) is 2.54. The SMILES string of the molecule is C=CCC[C@@H](C[C@@H]1OC(=O)[C@H]1CCCCCC)OC(=O)[C@@H](NC=O)c1ccccc1. The highest BCUT2D eigenvalue weighted by Crippen LogP contribution is 2.32. The van der Waals surface area contributed by atoms with E-state index < -0.39 is 18.1 Å². The largest absolute Gasteiger partial charge is 0.461 e. The van der Waals surface area contributed by atoms with E-state index in [-0.39, 0.29) is 18.0 Å². The standard InChI is InChI=1S/C24H33NO5/c1-3-5-7-11-15-20-21(30-23(20)27)16-19(14-6-4-2)29-24(28)22(25-17-26)18-12-9-8-10-13-18/h4,8-10,12-13,17,19-22H,2-3,5-7,11,14-16H2,1H3,(H,25,26)/t19-,20-,21-,22-/m0/s1. The summed E-state index contributed by atoms with van der Waals surface area (Å²) in [5.41, 5.74) is 0.654. The predicted octanol–water partition coefficient (Wildman–Crippen LogP) is 4.25. The molecule has 6 nitrogen and oxygen atoms in total. The molecule has 1 N–H and O–H groups in total. The van der Waals surface area contributed by atoms with E-state index >= 15 is 0 Å². The van der Waals surface area contributed by atoms with Crippen LogP contribution in [-0.2, 0) is 23.9 Å². The zero-order valence-electron chi connectivity index (χ0n) is 17.8. The number of esters is 2. The van der Waals surface area contributed by atoms with E-state index in [2.05, 4.69) is 18.8 Å². The van der Waals surface area contributed by atoms with Crippen molar-refractivity contribution >= 4 is 18.3 Å². The Bertz CT molecular complexity index is 690. The van der Waals surface area contributed by atoms with Crippen molar-refractivity contribution in [1.29, 1.82) is 0 Å². The number of hydrogen-bond donors (Lipinski definition) is 1. The van der Waals surface area contributed by atoms with Crippen LogP contribution < -0.4 is 5.32 Å². The van der Waals surface area contributed by atoms with Crippen molar-refractivity contribution in [1.82, 2.24) is 5.32 Å². The Labute approximate surface area is 179 Å². The molecule has 30 heavy (non-hydrogen) atoms.